The smallest absolute Gasteiger partial charge is 0.0815 e. The molecule has 0 N–H and O–H groups in total. The van der Waals surface area contributed by atoms with Gasteiger partial charge in [-0.1, -0.05) is 12.1 Å². The van der Waals surface area contributed by atoms with Crippen LogP contribution in [-0.2, 0) is 23.8 Å². The average molecular weight is 371 g/mol. The van der Waals surface area contributed by atoms with Crippen LogP contribution in [0.15, 0.2) is 46.8 Å². The number of nitrogens with zero attached hydrogens (tertiary/aromatic N) is 2. The number of hydrogen-bond donors (Lipinski definition) is 0. The first-order valence-corrected chi connectivity index (χ1v) is 11.1. The third-order valence-corrected chi connectivity index (χ3v) is 6.89. The quantitative estimate of drug-likeness (QED) is 0.678. The Balaban J connectivity index is 1.61. The van der Waals surface area contributed by atoms with E-state index in [9.17, 15) is 4.21 Å². The Labute approximate surface area is 155 Å². The van der Waals surface area contributed by atoms with E-state index in [-0.39, 0.29) is 0 Å². The Kier molecular flexibility index (Phi) is 4.71. The van der Waals surface area contributed by atoms with Crippen molar-refractivity contribution >= 4 is 32.4 Å². The number of fused-ring (bicyclic) bond motifs is 2. The number of hydrogen-bond acceptors (Lipinski definition) is 4. The van der Waals surface area contributed by atoms with E-state index in [0.29, 0.717) is 6.04 Å². The molecule has 0 aliphatic carbocycles. The summed E-state index contributed by atoms with van der Waals surface area (Å²) < 4.78 is 13.0. The van der Waals surface area contributed by atoms with Crippen molar-refractivity contribution in [3.05, 3.63) is 58.6 Å². The molecule has 1 aliphatic rings. The van der Waals surface area contributed by atoms with Gasteiger partial charge in [-0.2, -0.15) is 0 Å². The molecule has 3 aromatic rings. The molecule has 2 atom stereocenters. The zero-order chi connectivity index (χ0) is 17.4. The summed E-state index contributed by atoms with van der Waals surface area (Å²) in [5.41, 5.74) is 7.06. The maximum atomic E-state index is 11.8. The second kappa shape index (κ2) is 6.98. The number of benzene rings is 2. The number of aryl methyl sites for hydroxylation is 1. The van der Waals surface area contributed by atoms with Crippen molar-refractivity contribution in [1.82, 2.24) is 9.88 Å². The largest absolute Gasteiger partial charge is 0.292 e. The van der Waals surface area contributed by atoms with Crippen molar-refractivity contribution < 1.29 is 4.21 Å². The number of thiazole rings is 1. The molecule has 0 saturated carbocycles. The molecule has 1 aliphatic heterocycles. The molecule has 0 saturated heterocycles. The van der Waals surface area contributed by atoms with Gasteiger partial charge in [0.15, 0.2) is 0 Å². The highest BCUT2D eigenvalue weighted by atomic mass is 32.2. The van der Waals surface area contributed by atoms with Gasteiger partial charge in [0.25, 0.3) is 0 Å². The van der Waals surface area contributed by atoms with Gasteiger partial charge in [0.1, 0.15) is 0 Å². The summed E-state index contributed by atoms with van der Waals surface area (Å²) in [7, 11) is -0.909. The van der Waals surface area contributed by atoms with E-state index < -0.39 is 10.8 Å². The maximum Gasteiger partial charge on any atom is 0.0815 e. The van der Waals surface area contributed by atoms with E-state index in [1.54, 1.807) is 17.6 Å². The number of aromatic nitrogens is 1. The molecule has 5 heteroatoms. The minimum atomic E-state index is -0.909. The van der Waals surface area contributed by atoms with E-state index in [4.69, 9.17) is 0 Å². The van der Waals surface area contributed by atoms with Crippen LogP contribution < -0.4 is 0 Å². The lowest BCUT2D eigenvalue weighted by atomic mass is 10.0. The molecule has 25 heavy (non-hydrogen) atoms. The fraction of sp³-hybridized carbons (Fsp3) is 0.350. The highest BCUT2D eigenvalue weighted by Crippen LogP contribution is 2.30. The number of rotatable bonds is 3. The molecule has 2 heterocycles. The molecule has 3 nitrogen and oxygen atoms in total. The first-order valence-electron chi connectivity index (χ1n) is 8.64. The van der Waals surface area contributed by atoms with Crippen molar-refractivity contribution in [1.29, 1.82) is 0 Å². The minimum Gasteiger partial charge on any atom is -0.292 e. The lowest BCUT2D eigenvalue weighted by molar-refractivity contribution is 0.205. The van der Waals surface area contributed by atoms with E-state index in [1.165, 1.54) is 21.4 Å². The monoisotopic (exact) mass is 370 g/mol. The highest BCUT2D eigenvalue weighted by Gasteiger charge is 2.21. The first-order chi connectivity index (χ1) is 12.1. The predicted octanol–water partition coefficient (Wildman–Crippen LogP) is 4.54. The molecule has 0 spiro atoms. The second-order valence-electron chi connectivity index (χ2n) is 6.71. The standard InChI is InChI=1S/C20H22N2OS2/c1-14(15-6-8-20-19(11-15)21-13-24-20)22-9-3-4-16-10-18(25(2)23)7-5-17(16)12-22/h5-8,10-11,13-14H,3-4,9,12H2,1-2H3. The van der Waals surface area contributed by atoms with Gasteiger partial charge in [0.2, 0.25) is 0 Å². The zero-order valence-electron chi connectivity index (χ0n) is 14.6. The van der Waals surface area contributed by atoms with Crippen LogP contribution in [0.2, 0.25) is 0 Å². The van der Waals surface area contributed by atoms with Crippen molar-refractivity contribution in [2.24, 2.45) is 0 Å². The van der Waals surface area contributed by atoms with Gasteiger partial charge in [-0.05, 0) is 67.3 Å². The van der Waals surface area contributed by atoms with E-state index in [2.05, 4.69) is 47.1 Å². The van der Waals surface area contributed by atoms with E-state index >= 15 is 0 Å². The maximum absolute atomic E-state index is 11.8. The molecule has 0 amide bonds. The first kappa shape index (κ1) is 16.9. The van der Waals surface area contributed by atoms with E-state index in [1.807, 2.05) is 11.6 Å². The van der Waals surface area contributed by atoms with Crippen molar-refractivity contribution in [3.63, 3.8) is 0 Å². The van der Waals surface area contributed by atoms with Crippen LogP contribution in [0.25, 0.3) is 10.2 Å². The second-order valence-corrected chi connectivity index (χ2v) is 8.98. The van der Waals surface area contributed by atoms with Gasteiger partial charge >= 0.3 is 0 Å². The van der Waals surface area contributed by atoms with Crippen LogP contribution in [0, 0.1) is 0 Å². The molecule has 0 bridgehead atoms. The normalized spacial score (nSPS) is 17.8. The zero-order valence-corrected chi connectivity index (χ0v) is 16.2. The molecule has 0 fully saturated rings. The Morgan fingerprint density at radius 2 is 2.08 bits per heavy atom. The van der Waals surface area contributed by atoms with Crippen LogP contribution in [0.4, 0.5) is 0 Å². The summed E-state index contributed by atoms with van der Waals surface area (Å²) >= 11 is 1.69. The van der Waals surface area contributed by atoms with Gasteiger partial charge in [0, 0.05) is 34.5 Å². The van der Waals surface area contributed by atoms with Gasteiger partial charge in [-0.25, -0.2) is 4.98 Å². The third-order valence-electron chi connectivity index (χ3n) is 5.16. The fourth-order valence-electron chi connectivity index (χ4n) is 3.61. The fourth-order valence-corrected chi connectivity index (χ4v) is 4.84. The molecular weight excluding hydrogens is 348 g/mol. The van der Waals surface area contributed by atoms with Gasteiger partial charge < -0.3 is 0 Å². The van der Waals surface area contributed by atoms with Crippen LogP contribution in [0.3, 0.4) is 0 Å². The lowest BCUT2D eigenvalue weighted by Gasteiger charge is -2.28. The SMILES string of the molecule is CC(c1ccc2scnc2c1)N1CCCc2cc(S(C)=O)ccc2C1. The summed E-state index contributed by atoms with van der Waals surface area (Å²) in [6, 6.07) is 13.3. The van der Waals surface area contributed by atoms with Gasteiger partial charge in [-0.3, -0.25) is 9.11 Å². The van der Waals surface area contributed by atoms with Crippen molar-refractivity contribution in [2.75, 3.05) is 12.8 Å². The van der Waals surface area contributed by atoms with Crippen LogP contribution in [0.5, 0.6) is 0 Å². The summed E-state index contributed by atoms with van der Waals surface area (Å²) in [4.78, 5) is 7.94. The van der Waals surface area contributed by atoms with Crippen molar-refractivity contribution in [3.8, 4) is 0 Å². The van der Waals surface area contributed by atoms with Crippen molar-refractivity contribution in [2.45, 2.75) is 37.2 Å². The molecule has 4 rings (SSSR count). The van der Waals surface area contributed by atoms with Crippen LogP contribution in [0.1, 0.15) is 36.1 Å². The third kappa shape index (κ3) is 3.41. The Hall–Kier alpha value is -1.56. The molecule has 2 aromatic carbocycles. The average Bonchev–Trinajstić information content (AvgIpc) is 2.98. The van der Waals surface area contributed by atoms with Crippen LogP contribution >= 0.6 is 11.3 Å². The molecule has 0 radical (unpaired) electrons. The van der Waals surface area contributed by atoms with E-state index in [0.717, 1.165) is 36.3 Å². The molecule has 2 unspecified atom stereocenters. The minimum absolute atomic E-state index is 0.358. The molecular formula is C20H22N2OS2. The Morgan fingerprint density at radius 1 is 1.20 bits per heavy atom. The topological polar surface area (TPSA) is 33.2 Å². The Morgan fingerprint density at radius 3 is 2.92 bits per heavy atom. The highest BCUT2D eigenvalue weighted by molar-refractivity contribution is 7.84. The van der Waals surface area contributed by atoms with Gasteiger partial charge in [-0.15, -0.1) is 11.3 Å². The van der Waals surface area contributed by atoms with Crippen LogP contribution in [-0.4, -0.2) is 26.9 Å². The summed E-state index contributed by atoms with van der Waals surface area (Å²) in [6.07, 6.45) is 3.95. The predicted molar refractivity (Wildman–Crippen MR) is 106 cm³/mol. The summed E-state index contributed by atoms with van der Waals surface area (Å²) in [6.45, 7) is 4.31. The Bertz CT molecular complexity index is 934. The summed E-state index contributed by atoms with van der Waals surface area (Å²) in [5.74, 6) is 0. The molecule has 130 valence electrons. The van der Waals surface area contributed by atoms with Gasteiger partial charge in [0.05, 0.1) is 15.7 Å². The lowest BCUT2D eigenvalue weighted by Crippen LogP contribution is -2.26. The molecule has 1 aromatic heterocycles. The summed E-state index contributed by atoms with van der Waals surface area (Å²) in [5, 5.41) is 0.